The van der Waals surface area contributed by atoms with E-state index in [9.17, 15) is 0 Å². The zero-order chi connectivity index (χ0) is 21.2. The number of hydrogen-bond donors (Lipinski definition) is 2. The molecule has 1 saturated heterocycles. The number of likely N-dealkylation sites (tertiary alicyclic amines) is 1. The summed E-state index contributed by atoms with van der Waals surface area (Å²) in [6, 6.07) is 10.8. The van der Waals surface area contributed by atoms with E-state index in [1.54, 1.807) is 6.20 Å². The number of aromatic nitrogens is 2. The van der Waals surface area contributed by atoms with Crippen molar-refractivity contribution in [3.8, 4) is 5.69 Å². The molecule has 1 aliphatic heterocycles. The molecular weight excluding hydrogens is 376 g/mol. The fourth-order valence-electron chi connectivity index (χ4n) is 3.62. The molecule has 7 heteroatoms. The zero-order valence-electron chi connectivity index (χ0n) is 18.6. The minimum Gasteiger partial charge on any atom is -0.377 e. The van der Waals surface area contributed by atoms with Crippen LogP contribution in [0.5, 0.6) is 0 Å². The summed E-state index contributed by atoms with van der Waals surface area (Å²) in [4.78, 5) is 7.31. The lowest BCUT2D eigenvalue weighted by Gasteiger charge is -2.33. The van der Waals surface area contributed by atoms with Crippen molar-refractivity contribution in [1.82, 2.24) is 25.3 Å². The Morgan fingerprint density at radius 1 is 1.27 bits per heavy atom. The number of nitrogens with one attached hydrogen (secondary N) is 2. The lowest BCUT2D eigenvalue weighted by atomic mass is 10.1. The molecule has 0 bridgehead atoms. The van der Waals surface area contributed by atoms with Crippen LogP contribution in [0.4, 0.5) is 0 Å². The van der Waals surface area contributed by atoms with E-state index < -0.39 is 0 Å². The molecule has 2 heterocycles. The van der Waals surface area contributed by atoms with Gasteiger partial charge in [-0.2, -0.15) is 5.10 Å². The Balaban J connectivity index is 1.50. The fourth-order valence-corrected chi connectivity index (χ4v) is 3.62. The van der Waals surface area contributed by atoms with Gasteiger partial charge in [-0.1, -0.05) is 12.1 Å². The Kier molecular flexibility index (Phi) is 8.71. The largest absolute Gasteiger partial charge is 0.377 e. The number of aliphatic imine (C=N–C) groups is 1. The highest BCUT2D eigenvalue weighted by Crippen LogP contribution is 2.12. The lowest BCUT2D eigenvalue weighted by Crippen LogP contribution is -2.49. The molecule has 0 radical (unpaired) electrons. The summed E-state index contributed by atoms with van der Waals surface area (Å²) >= 11 is 0. The minimum absolute atomic E-state index is 0.309. The lowest BCUT2D eigenvalue weighted by molar-refractivity contribution is 0.0532. The van der Waals surface area contributed by atoms with Gasteiger partial charge in [0.05, 0.1) is 24.9 Å². The van der Waals surface area contributed by atoms with Gasteiger partial charge in [0.15, 0.2) is 5.96 Å². The first-order chi connectivity index (χ1) is 14.6. The Morgan fingerprint density at radius 2 is 2.10 bits per heavy atom. The molecule has 1 aromatic carbocycles. The first-order valence-corrected chi connectivity index (χ1v) is 11.1. The van der Waals surface area contributed by atoms with Crippen molar-refractivity contribution < 1.29 is 4.74 Å². The molecule has 0 atom stereocenters. The summed E-state index contributed by atoms with van der Waals surface area (Å²) in [6.45, 7) is 11.8. The number of hydrogen-bond acceptors (Lipinski definition) is 4. The third-order valence-electron chi connectivity index (χ3n) is 5.23. The van der Waals surface area contributed by atoms with Crippen molar-refractivity contribution in [3.63, 3.8) is 0 Å². The normalized spacial score (nSPS) is 16.2. The zero-order valence-corrected chi connectivity index (χ0v) is 18.6. The van der Waals surface area contributed by atoms with Crippen LogP contribution in [0.15, 0.2) is 47.7 Å². The molecule has 1 fully saturated rings. The van der Waals surface area contributed by atoms with Crippen molar-refractivity contribution in [1.29, 1.82) is 0 Å². The van der Waals surface area contributed by atoms with Crippen LogP contribution in [0.1, 0.15) is 39.2 Å². The van der Waals surface area contributed by atoms with Gasteiger partial charge in [0.2, 0.25) is 0 Å². The Labute approximate surface area is 180 Å². The molecule has 164 valence electrons. The third-order valence-corrected chi connectivity index (χ3v) is 5.23. The number of ether oxygens (including phenoxy) is 1. The smallest absolute Gasteiger partial charge is 0.191 e. The van der Waals surface area contributed by atoms with E-state index in [2.05, 4.69) is 65.7 Å². The average molecular weight is 413 g/mol. The topological polar surface area (TPSA) is 66.7 Å². The van der Waals surface area contributed by atoms with Crippen molar-refractivity contribution in [3.05, 3.63) is 48.3 Å². The van der Waals surface area contributed by atoms with Gasteiger partial charge < -0.3 is 20.3 Å². The first kappa shape index (κ1) is 22.3. The van der Waals surface area contributed by atoms with E-state index in [-0.39, 0.29) is 0 Å². The van der Waals surface area contributed by atoms with E-state index in [0.29, 0.717) is 18.7 Å². The molecule has 0 unspecified atom stereocenters. The molecule has 0 saturated carbocycles. The van der Waals surface area contributed by atoms with Gasteiger partial charge in [-0.05, 0) is 57.4 Å². The van der Waals surface area contributed by atoms with Crippen LogP contribution in [0.2, 0.25) is 0 Å². The summed E-state index contributed by atoms with van der Waals surface area (Å²) < 4.78 is 7.55. The van der Waals surface area contributed by atoms with Crippen LogP contribution < -0.4 is 10.6 Å². The molecule has 1 aromatic heterocycles. The van der Waals surface area contributed by atoms with Gasteiger partial charge in [-0.15, -0.1) is 0 Å². The Bertz CT molecular complexity index is 766. The number of rotatable bonds is 9. The van der Waals surface area contributed by atoms with Crippen molar-refractivity contribution in [2.75, 3.05) is 32.8 Å². The van der Waals surface area contributed by atoms with E-state index in [1.807, 2.05) is 16.9 Å². The summed E-state index contributed by atoms with van der Waals surface area (Å²) in [5, 5.41) is 11.3. The van der Waals surface area contributed by atoms with E-state index in [4.69, 9.17) is 9.73 Å². The van der Waals surface area contributed by atoms with Gasteiger partial charge in [-0.25, -0.2) is 9.67 Å². The van der Waals surface area contributed by atoms with Gasteiger partial charge >= 0.3 is 0 Å². The van der Waals surface area contributed by atoms with E-state index >= 15 is 0 Å². The minimum atomic E-state index is 0.309. The molecule has 30 heavy (non-hydrogen) atoms. The quantitative estimate of drug-likeness (QED) is 0.490. The van der Waals surface area contributed by atoms with Crippen LogP contribution in [0.3, 0.4) is 0 Å². The van der Waals surface area contributed by atoms with Crippen LogP contribution >= 0.6 is 0 Å². The van der Waals surface area contributed by atoms with Crippen molar-refractivity contribution in [2.24, 2.45) is 4.99 Å². The summed E-state index contributed by atoms with van der Waals surface area (Å²) in [5.41, 5.74) is 2.22. The monoisotopic (exact) mass is 412 g/mol. The van der Waals surface area contributed by atoms with Crippen LogP contribution in [0.25, 0.3) is 5.69 Å². The van der Waals surface area contributed by atoms with Crippen LogP contribution in [-0.2, 0) is 11.3 Å². The maximum atomic E-state index is 5.68. The fraction of sp³-hybridized carbons (Fsp3) is 0.565. The SMILES string of the molecule is CCNC(=NCc1cccc(-n2cccn2)c1)NC1CCN(CCOC(C)C)CC1. The number of guanidine groups is 1. The molecule has 0 amide bonds. The third kappa shape index (κ3) is 7.15. The molecular formula is C23H36N6O. The second-order valence-electron chi connectivity index (χ2n) is 8.00. The number of piperidine rings is 1. The molecule has 0 aliphatic carbocycles. The Hall–Kier alpha value is -2.38. The van der Waals surface area contributed by atoms with Crippen molar-refractivity contribution in [2.45, 2.75) is 52.3 Å². The Morgan fingerprint density at radius 3 is 2.80 bits per heavy atom. The molecule has 2 N–H and O–H groups in total. The second kappa shape index (κ2) is 11.7. The van der Waals surface area contributed by atoms with Crippen LogP contribution in [-0.4, -0.2) is 65.6 Å². The second-order valence-corrected chi connectivity index (χ2v) is 8.00. The molecule has 2 aromatic rings. The average Bonchev–Trinajstić information content (AvgIpc) is 3.28. The van der Waals surface area contributed by atoms with Crippen LogP contribution in [0, 0.1) is 0 Å². The summed E-state index contributed by atoms with van der Waals surface area (Å²) in [6.07, 6.45) is 6.31. The highest BCUT2D eigenvalue weighted by atomic mass is 16.5. The summed E-state index contributed by atoms with van der Waals surface area (Å²) in [5.74, 6) is 0.892. The summed E-state index contributed by atoms with van der Waals surface area (Å²) in [7, 11) is 0. The first-order valence-electron chi connectivity index (χ1n) is 11.1. The van der Waals surface area contributed by atoms with Gasteiger partial charge in [0.1, 0.15) is 0 Å². The van der Waals surface area contributed by atoms with Gasteiger partial charge in [-0.3, -0.25) is 0 Å². The van der Waals surface area contributed by atoms with E-state index in [0.717, 1.165) is 57.3 Å². The molecule has 1 aliphatic rings. The van der Waals surface area contributed by atoms with Gasteiger partial charge in [0.25, 0.3) is 0 Å². The number of benzene rings is 1. The highest BCUT2D eigenvalue weighted by Gasteiger charge is 2.19. The maximum Gasteiger partial charge on any atom is 0.191 e. The molecule has 0 spiro atoms. The van der Waals surface area contributed by atoms with Gasteiger partial charge in [0, 0.05) is 44.6 Å². The van der Waals surface area contributed by atoms with E-state index in [1.165, 1.54) is 5.56 Å². The predicted octanol–water partition coefficient (Wildman–Crippen LogP) is 2.82. The highest BCUT2D eigenvalue weighted by molar-refractivity contribution is 5.80. The predicted molar refractivity (Wildman–Crippen MR) is 122 cm³/mol. The standard InChI is InChI=1S/C23H36N6O/c1-4-24-23(27-21-9-13-28(14-10-21)15-16-30-19(2)3)25-18-20-7-5-8-22(17-20)29-12-6-11-26-29/h5-8,11-12,17,19,21H,4,9-10,13-16,18H2,1-3H3,(H2,24,25,27). The molecule has 7 nitrogen and oxygen atoms in total. The van der Waals surface area contributed by atoms with Crippen molar-refractivity contribution >= 4 is 5.96 Å². The number of nitrogens with zero attached hydrogens (tertiary/aromatic N) is 4. The maximum absolute atomic E-state index is 5.68. The molecule has 3 rings (SSSR count).